The van der Waals surface area contributed by atoms with Crippen LogP contribution in [0.5, 0.6) is 17.2 Å². The molecule has 0 aliphatic heterocycles. The van der Waals surface area contributed by atoms with Crippen molar-refractivity contribution in [3.8, 4) is 17.2 Å². The maximum Gasteiger partial charge on any atom is 0.315 e. The monoisotopic (exact) mass is 415 g/mol. The van der Waals surface area contributed by atoms with E-state index in [0.717, 1.165) is 19.3 Å². The van der Waals surface area contributed by atoms with Gasteiger partial charge < -0.3 is 14.6 Å². The number of benzene rings is 2. The Balaban J connectivity index is 2.08. The molecule has 0 saturated heterocycles. The van der Waals surface area contributed by atoms with Crippen LogP contribution >= 0.6 is 0 Å². The molecule has 9 heteroatoms. The zero-order chi connectivity index (χ0) is 21.9. The van der Waals surface area contributed by atoms with Crippen molar-refractivity contribution in [2.45, 2.75) is 32.6 Å². The van der Waals surface area contributed by atoms with Crippen LogP contribution in [0.25, 0.3) is 0 Å². The van der Waals surface area contributed by atoms with E-state index in [1.54, 1.807) is 18.2 Å². The van der Waals surface area contributed by atoms with Crippen LogP contribution in [0.1, 0.15) is 37.3 Å². The second-order valence-electron chi connectivity index (χ2n) is 6.52. The highest BCUT2D eigenvalue weighted by Crippen LogP contribution is 2.38. The van der Waals surface area contributed by atoms with Gasteiger partial charge in [0, 0.05) is 11.6 Å². The third-order valence-corrected chi connectivity index (χ3v) is 4.17. The van der Waals surface area contributed by atoms with Crippen molar-refractivity contribution < 1.29 is 24.3 Å². The molecule has 30 heavy (non-hydrogen) atoms. The van der Waals surface area contributed by atoms with Gasteiger partial charge in [-0.1, -0.05) is 31.9 Å². The quantitative estimate of drug-likeness (QED) is 0.250. The van der Waals surface area contributed by atoms with E-state index in [4.69, 9.17) is 9.47 Å². The lowest BCUT2D eigenvalue weighted by atomic mass is 10.1. The fourth-order valence-corrected chi connectivity index (χ4v) is 2.66. The van der Waals surface area contributed by atoms with Crippen molar-refractivity contribution in [2.75, 3.05) is 13.7 Å². The number of phenolic OH excluding ortho intramolecular Hbond substituents is 1. The average Bonchev–Trinajstić information content (AvgIpc) is 2.73. The molecule has 0 radical (unpaired) electrons. The highest BCUT2D eigenvalue weighted by atomic mass is 16.6. The summed E-state index contributed by atoms with van der Waals surface area (Å²) in [4.78, 5) is 22.9. The molecule has 160 valence electrons. The molecule has 0 aliphatic carbocycles. The number of methoxy groups -OCH3 is 1. The van der Waals surface area contributed by atoms with Gasteiger partial charge >= 0.3 is 5.69 Å². The first kappa shape index (κ1) is 22.7. The number of carbonyl (C=O) groups excluding carboxylic acids is 1. The van der Waals surface area contributed by atoms with E-state index < -0.39 is 4.92 Å². The molecule has 9 nitrogen and oxygen atoms in total. The highest BCUT2D eigenvalue weighted by molar-refractivity contribution is 5.85. The predicted octanol–water partition coefficient (Wildman–Crippen LogP) is 3.57. The number of carbonyl (C=O) groups is 1. The number of hydrazone groups is 1. The molecule has 2 rings (SSSR count). The summed E-state index contributed by atoms with van der Waals surface area (Å²) >= 11 is 0. The van der Waals surface area contributed by atoms with E-state index in [2.05, 4.69) is 17.5 Å². The molecule has 0 unspecified atom stereocenters. The fraction of sp³-hybridized carbons (Fsp3) is 0.333. The average molecular weight is 415 g/mol. The predicted molar refractivity (Wildman–Crippen MR) is 112 cm³/mol. The Morgan fingerprint density at radius 2 is 2.00 bits per heavy atom. The van der Waals surface area contributed by atoms with Crippen LogP contribution in [0.3, 0.4) is 0 Å². The van der Waals surface area contributed by atoms with E-state index in [1.807, 2.05) is 0 Å². The SMILES string of the molecule is CCCCCOc1c(OC)cc(/C=N\NC(=O)Cc2ccc(O)cc2)cc1[N+](=O)[O-]. The molecule has 0 aromatic heterocycles. The molecule has 0 bridgehead atoms. The second kappa shape index (κ2) is 11.4. The molecule has 2 aromatic carbocycles. The molecule has 0 spiro atoms. The topological polar surface area (TPSA) is 123 Å². The van der Waals surface area contributed by atoms with Gasteiger partial charge in [0.1, 0.15) is 5.75 Å². The van der Waals surface area contributed by atoms with Gasteiger partial charge in [-0.2, -0.15) is 5.10 Å². The summed E-state index contributed by atoms with van der Waals surface area (Å²) in [5.41, 5.74) is 3.23. The fourth-order valence-electron chi connectivity index (χ4n) is 2.66. The van der Waals surface area contributed by atoms with Crippen molar-refractivity contribution in [2.24, 2.45) is 5.10 Å². The van der Waals surface area contributed by atoms with Crippen LogP contribution < -0.4 is 14.9 Å². The minimum atomic E-state index is -0.543. The molecule has 0 saturated carbocycles. The Bertz CT molecular complexity index is 896. The van der Waals surface area contributed by atoms with Crippen molar-refractivity contribution in [3.05, 3.63) is 57.6 Å². The number of hydrogen-bond acceptors (Lipinski definition) is 7. The number of rotatable bonds is 11. The molecule has 2 N–H and O–H groups in total. The third kappa shape index (κ3) is 6.77. The Labute approximate surface area is 174 Å². The number of nitrogens with one attached hydrogen (secondary N) is 1. The lowest BCUT2D eigenvalue weighted by Crippen LogP contribution is -2.19. The number of nitrogens with zero attached hydrogens (tertiary/aromatic N) is 2. The van der Waals surface area contributed by atoms with Crippen LogP contribution in [-0.2, 0) is 11.2 Å². The van der Waals surface area contributed by atoms with E-state index in [9.17, 15) is 20.0 Å². The van der Waals surface area contributed by atoms with Crippen LogP contribution in [0.15, 0.2) is 41.5 Å². The van der Waals surface area contributed by atoms with E-state index >= 15 is 0 Å². The smallest absolute Gasteiger partial charge is 0.315 e. The molecule has 0 atom stereocenters. The number of nitro groups is 1. The lowest BCUT2D eigenvalue weighted by Gasteiger charge is -2.11. The zero-order valence-corrected chi connectivity index (χ0v) is 17.0. The maximum atomic E-state index is 12.0. The van der Waals surface area contributed by atoms with Gasteiger partial charge in [-0.05, 0) is 30.2 Å². The summed E-state index contributed by atoms with van der Waals surface area (Å²) in [5.74, 6) is 0.0458. The van der Waals surface area contributed by atoms with Gasteiger partial charge in [-0.3, -0.25) is 14.9 Å². The number of nitro benzene ring substituents is 1. The van der Waals surface area contributed by atoms with Crippen molar-refractivity contribution in [3.63, 3.8) is 0 Å². The number of phenols is 1. The summed E-state index contributed by atoms with van der Waals surface area (Å²) in [5, 5.41) is 24.6. The van der Waals surface area contributed by atoms with Crippen molar-refractivity contribution >= 4 is 17.8 Å². The maximum absolute atomic E-state index is 12.0. The number of hydrogen-bond donors (Lipinski definition) is 2. The summed E-state index contributed by atoms with van der Waals surface area (Å²) in [6, 6.07) is 9.11. The normalized spacial score (nSPS) is 10.7. The first-order valence-electron chi connectivity index (χ1n) is 9.53. The number of unbranched alkanes of at least 4 members (excludes halogenated alkanes) is 2. The standard InChI is InChI=1S/C21H25N3O6/c1-3-4-5-10-30-21-18(24(27)28)11-16(12-19(21)29-2)14-22-23-20(26)13-15-6-8-17(25)9-7-15/h6-9,11-12,14,25H,3-5,10,13H2,1-2H3,(H,23,26)/b22-14-. The molecule has 1 amide bonds. The molecular weight excluding hydrogens is 390 g/mol. The molecular formula is C21H25N3O6. The summed E-state index contributed by atoms with van der Waals surface area (Å²) < 4.78 is 10.8. The molecule has 0 aliphatic rings. The van der Waals surface area contributed by atoms with Crippen molar-refractivity contribution in [1.29, 1.82) is 0 Å². The van der Waals surface area contributed by atoms with Gasteiger partial charge in [-0.15, -0.1) is 0 Å². The van der Waals surface area contributed by atoms with Gasteiger partial charge in [0.05, 0.1) is 31.3 Å². The first-order chi connectivity index (χ1) is 14.4. The van der Waals surface area contributed by atoms with E-state index in [1.165, 1.54) is 31.5 Å². The highest BCUT2D eigenvalue weighted by Gasteiger charge is 2.22. The minimum Gasteiger partial charge on any atom is -0.508 e. The van der Waals surface area contributed by atoms with E-state index in [0.29, 0.717) is 17.7 Å². The molecule has 0 fully saturated rings. The minimum absolute atomic E-state index is 0.0750. The van der Waals surface area contributed by atoms with Crippen LogP contribution in [-0.4, -0.2) is 35.9 Å². The lowest BCUT2D eigenvalue weighted by molar-refractivity contribution is -0.386. The van der Waals surface area contributed by atoms with Crippen LogP contribution in [0.4, 0.5) is 5.69 Å². The van der Waals surface area contributed by atoms with Crippen molar-refractivity contribution in [1.82, 2.24) is 5.43 Å². The number of aromatic hydroxyl groups is 1. The Hall–Kier alpha value is -3.62. The number of amides is 1. The zero-order valence-electron chi connectivity index (χ0n) is 17.0. The third-order valence-electron chi connectivity index (χ3n) is 4.17. The second-order valence-corrected chi connectivity index (χ2v) is 6.52. The van der Waals surface area contributed by atoms with Crippen LogP contribution in [0, 0.1) is 10.1 Å². The Morgan fingerprint density at radius 3 is 2.63 bits per heavy atom. The summed E-state index contributed by atoms with van der Waals surface area (Å²) in [7, 11) is 1.40. The Kier molecular flexibility index (Phi) is 8.61. The molecule has 2 aromatic rings. The summed E-state index contributed by atoms with van der Waals surface area (Å²) in [6.07, 6.45) is 4.13. The van der Waals surface area contributed by atoms with Crippen LogP contribution in [0.2, 0.25) is 0 Å². The Morgan fingerprint density at radius 1 is 1.27 bits per heavy atom. The largest absolute Gasteiger partial charge is 0.508 e. The first-order valence-corrected chi connectivity index (χ1v) is 9.53. The number of ether oxygens (including phenoxy) is 2. The van der Waals surface area contributed by atoms with E-state index in [-0.39, 0.29) is 35.3 Å². The van der Waals surface area contributed by atoms with Gasteiger partial charge in [0.25, 0.3) is 0 Å². The summed E-state index contributed by atoms with van der Waals surface area (Å²) in [6.45, 7) is 2.41. The van der Waals surface area contributed by atoms with Gasteiger partial charge in [0.15, 0.2) is 5.75 Å². The van der Waals surface area contributed by atoms with Gasteiger partial charge in [-0.25, -0.2) is 5.43 Å². The van der Waals surface area contributed by atoms with Gasteiger partial charge in [0.2, 0.25) is 11.7 Å². The molecule has 0 heterocycles.